The molecule has 11 nitrogen and oxygen atoms in total. The molecule has 3 aliphatic rings. The summed E-state index contributed by atoms with van der Waals surface area (Å²) in [4.78, 5) is 60.0. The Balaban J connectivity index is 1.11. The maximum absolute atomic E-state index is 15.1. The maximum Gasteiger partial charge on any atom is 0.266 e. The molecule has 1 saturated heterocycles. The number of amides is 3. The molecule has 5 aromatic carbocycles. The first-order valence-corrected chi connectivity index (χ1v) is 22.6. The molecule has 0 aliphatic carbocycles. The van der Waals surface area contributed by atoms with Crippen LogP contribution >= 0.6 is 0 Å². The number of hydrogen-bond acceptors (Lipinski definition) is 8. The third-order valence-corrected chi connectivity index (χ3v) is 14.2. The predicted octanol–water partition coefficient (Wildman–Crippen LogP) is 7.54. The van der Waals surface area contributed by atoms with Gasteiger partial charge in [-0.05, 0) is 78.8 Å². The molecule has 1 fully saturated rings. The molecule has 5 aromatic rings. The van der Waals surface area contributed by atoms with E-state index in [1.807, 2.05) is 129 Å². The van der Waals surface area contributed by atoms with Gasteiger partial charge >= 0.3 is 0 Å². The van der Waals surface area contributed by atoms with Crippen molar-refractivity contribution in [3.63, 3.8) is 0 Å². The molecule has 58 heavy (non-hydrogen) atoms. The molecule has 0 aromatic heterocycles. The van der Waals surface area contributed by atoms with Crippen molar-refractivity contribution < 1.29 is 38.5 Å². The van der Waals surface area contributed by atoms with Crippen LogP contribution in [0.2, 0.25) is 18.6 Å². The Morgan fingerprint density at radius 1 is 0.862 bits per heavy atom. The molecule has 0 bridgehead atoms. The zero-order valence-corrected chi connectivity index (χ0v) is 34.0. The van der Waals surface area contributed by atoms with Gasteiger partial charge in [-0.1, -0.05) is 73.7 Å². The lowest BCUT2D eigenvalue weighted by molar-refractivity contribution is -0.150. The van der Waals surface area contributed by atoms with E-state index in [2.05, 4.69) is 0 Å². The number of nitrogens with zero attached hydrogens (tertiary/aromatic N) is 3. The monoisotopic (exact) mass is 797 g/mol. The molecule has 8 rings (SSSR count). The molecule has 0 radical (unpaired) electrons. The Morgan fingerprint density at radius 3 is 2.26 bits per heavy atom. The van der Waals surface area contributed by atoms with Crippen molar-refractivity contribution in [3.05, 3.63) is 144 Å². The van der Waals surface area contributed by atoms with Gasteiger partial charge in [-0.15, -0.1) is 0 Å². The first-order chi connectivity index (χ1) is 27.9. The van der Waals surface area contributed by atoms with Crippen LogP contribution < -0.4 is 19.3 Å². The second kappa shape index (κ2) is 15.5. The molecule has 4 atom stereocenters. The van der Waals surface area contributed by atoms with Crippen molar-refractivity contribution in [2.24, 2.45) is 5.92 Å². The third-order valence-electron chi connectivity index (χ3n) is 11.7. The number of aliphatic hydroxyl groups excluding tert-OH is 1. The molecule has 1 spiro atoms. The fraction of sp³-hybridized carbons (Fsp3) is 0.283. The number of para-hydroxylation sites is 3. The number of ether oxygens (including phenoxy) is 3. The average molecular weight is 798 g/mol. The molecule has 2 N–H and O–H groups in total. The highest BCUT2D eigenvalue weighted by atomic mass is 28.4. The Bertz CT molecular complexity index is 2350. The molecule has 0 saturated carbocycles. The molecular weight excluding hydrogens is 751 g/mol. The zero-order valence-electron chi connectivity index (χ0n) is 33.0. The zero-order chi connectivity index (χ0) is 40.8. The highest BCUT2D eigenvalue weighted by molar-refractivity contribution is 6.71. The van der Waals surface area contributed by atoms with Gasteiger partial charge in [-0.2, -0.15) is 0 Å². The summed E-state index contributed by atoms with van der Waals surface area (Å²) >= 11 is 0. The van der Waals surface area contributed by atoms with E-state index >= 15 is 4.79 Å². The van der Waals surface area contributed by atoms with Crippen molar-refractivity contribution >= 4 is 43.1 Å². The largest absolute Gasteiger partial charge is 0.497 e. The van der Waals surface area contributed by atoms with Crippen molar-refractivity contribution in [2.45, 2.75) is 56.8 Å². The van der Waals surface area contributed by atoms with Crippen molar-refractivity contribution in [1.29, 1.82) is 0 Å². The van der Waals surface area contributed by atoms with Crippen molar-refractivity contribution in [1.82, 2.24) is 4.90 Å². The lowest BCUT2D eigenvalue weighted by Crippen LogP contribution is -2.46. The second-order valence-corrected chi connectivity index (χ2v) is 19.7. The summed E-state index contributed by atoms with van der Waals surface area (Å²) in [6.45, 7) is 6.02. The second-order valence-electron chi connectivity index (χ2n) is 15.7. The highest BCUT2D eigenvalue weighted by Gasteiger charge is 2.66. The smallest absolute Gasteiger partial charge is 0.266 e. The van der Waals surface area contributed by atoms with E-state index in [0.29, 0.717) is 52.0 Å². The summed E-state index contributed by atoms with van der Waals surface area (Å²) in [6.07, 6.45) is -0.834. The van der Waals surface area contributed by atoms with Gasteiger partial charge in [0.15, 0.2) is 19.7 Å². The van der Waals surface area contributed by atoms with Crippen LogP contribution in [-0.2, 0) is 33.0 Å². The van der Waals surface area contributed by atoms with Gasteiger partial charge in [-0.3, -0.25) is 19.3 Å². The fourth-order valence-corrected chi connectivity index (χ4v) is 11.6. The molecular formula is C46H47N3O8Si. The van der Waals surface area contributed by atoms with Crippen molar-refractivity contribution in [3.8, 4) is 17.2 Å². The average Bonchev–Trinajstić information content (AvgIpc) is 3.59. The molecule has 12 heteroatoms. The van der Waals surface area contributed by atoms with Crippen LogP contribution in [0, 0.1) is 5.92 Å². The predicted molar refractivity (Wildman–Crippen MR) is 223 cm³/mol. The first-order valence-electron chi connectivity index (χ1n) is 19.6. The van der Waals surface area contributed by atoms with E-state index in [1.165, 1.54) is 0 Å². The summed E-state index contributed by atoms with van der Waals surface area (Å²) in [5.74, 6) is 0.348. The fourth-order valence-electron chi connectivity index (χ4n) is 9.06. The highest BCUT2D eigenvalue weighted by Crippen LogP contribution is 2.60. The minimum absolute atomic E-state index is 0.0670. The van der Waals surface area contributed by atoms with E-state index < -0.39 is 31.5 Å². The summed E-state index contributed by atoms with van der Waals surface area (Å²) < 4.78 is 18.8. The summed E-state index contributed by atoms with van der Waals surface area (Å²) in [7, 11) is -1.51. The van der Waals surface area contributed by atoms with Crippen LogP contribution in [-0.4, -0.2) is 67.2 Å². The normalized spacial score (nSPS) is 21.0. The molecule has 3 amide bonds. The minimum atomic E-state index is -3.07. The molecule has 3 aliphatic heterocycles. The van der Waals surface area contributed by atoms with Crippen LogP contribution in [0.4, 0.5) is 17.1 Å². The lowest BCUT2D eigenvalue weighted by atomic mass is 9.82. The Kier molecular flexibility index (Phi) is 10.4. The standard InChI is InChI=1S/C46H47N3O8Si/c1-30-43(58(3,4)54)41(27-42(51)47(24-25-50)28-31-12-6-5-7-13-31)57-46(30)36-26-34(55-2)22-23-37(36)48(45(46)53)29-32-18-20-33(21-19-32)49-38-15-9-11-17-40(38)56-39-16-10-8-14-35(39)44(49)52/h5-23,26,30,41,43,50,54H,24-25,27-29H2,1-4H3/t30-,41+,43-,46+/m1/s1. The SMILES string of the molecule is COc1ccc2c(c1)[C@]1(O[C@@H](CC(=O)N(CCO)Cc3ccccc3)[C@H]([Si](C)(C)O)[C@H]1C)C(=O)N2Cc1ccc(N2C(=O)c3ccccc3Oc3ccccc32)cc1. The van der Waals surface area contributed by atoms with Gasteiger partial charge < -0.3 is 33.9 Å². The number of methoxy groups -OCH3 is 1. The van der Waals surface area contributed by atoms with Gasteiger partial charge in [0.05, 0.1) is 49.7 Å². The topological polar surface area (TPSA) is 129 Å². The number of carbonyl (C=O) groups is 3. The van der Waals surface area contributed by atoms with Gasteiger partial charge in [0.1, 0.15) is 11.5 Å². The Morgan fingerprint density at radius 2 is 1.55 bits per heavy atom. The third kappa shape index (κ3) is 6.85. The number of hydrogen-bond donors (Lipinski definition) is 2. The van der Waals surface area contributed by atoms with Crippen LogP contribution in [0.25, 0.3) is 0 Å². The Labute approximate surface area is 339 Å². The minimum Gasteiger partial charge on any atom is -0.497 e. The van der Waals surface area contributed by atoms with E-state index in [4.69, 9.17) is 14.2 Å². The van der Waals surface area contributed by atoms with Gasteiger partial charge in [-0.25, -0.2) is 0 Å². The Hall–Kier alpha value is -5.79. The van der Waals surface area contributed by atoms with E-state index in [0.717, 1.165) is 11.1 Å². The maximum atomic E-state index is 15.1. The number of benzene rings is 5. The van der Waals surface area contributed by atoms with Crippen LogP contribution in [0.1, 0.15) is 40.4 Å². The van der Waals surface area contributed by atoms with Crippen LogP contribution in [0.5, 0.6) is 17.2 Å². The molecule has 0 unspecified atom stereocenters. The van der Waals surface area contributed by atoms with E-state index in [9.17, 15) is 19.5 Å². The quantitative estimate of drug-likeness (QED) is 0.131. The van der Waals surface area contributed by atoms with E-state index in [1.54, 1.807) is 33.9 Å². The van der Waals surface area contributed by atoms with Crippen LogP contribution in [0.3, 0.4) is 0 Å². The number of aliphatic hydroxyl groups is 1. The summed E-state index contributed by atoms with van der Waals surface area (Å²) in [6, 6.07) is 37.2. The number of anilines is 3. The van der Waals surface area contributed by atoms with Crippen molar-refractivity contribution in [2.75, 3.05) is 30.1 Å². The summed E-state index contributed by atoms with van der Waals surface area (Å²) in [5.41, 5.74) is 2.73. The van der Waals surface area contributed by atoms with Gasteiger partial charge in [0.2, 0.25) is 5.91 Å². The number of fused-ring (bicyclic) bond motifs is 4. The van der Waals surface area contributed by atoms with Gasteiger partial charge in [0, 0.05) is 35.8 Å². The van der Waals surface area contributed by atoms with Gasteiger partial charge in [0.25, 0.3) is 11.8 Å². The van der Waals surface area contributed by atoms with Crippen LogP contribution in [0.15, 0.2) is 121 Å². The number of rotatable bonds is 11. The molecule has 3 heterocycles. The first kappa shape index (κ1) is 39.1. The summed E-state index contributed by atoms with van der Waals surface area (Å²) in [5, 5.41) is 9.90. The lowest BCUT2D eigenvalue weighted by Gasteiger charge is -2.32. The number of carbonyl (C=O) groups excluding carboxylic acids is 3. The molecule has 298 valence electrons. The van der Waals surface area contributed by atoms with E-state index in [-0.39, 0.29) is 43.8 Å².